The largest absolute Gasteiger partial charge is 0.453 e. The molecule has 1 aliphatic heterocycles. The summed E-state index contributed by atoms with van der Waals surface area (Å²) in [5.41, 5.74) is 5.33. The van der Waals surface area contributed by atoms with Crippen LogP contribution in [0.2, 0.25) is 0 Å². The maximum atomic E-state index is 5.55. The lowest BCUT2D eigenvalue weighted by atomic mass is 9.96. The Morgan fingerprint density at radius 2 is 1.89 bits per heavy atom. The van der Waals surface area contributed by atoms with Crippen LogP contribution in [0.15, 0.2) is 59.6 Å². The molecule has 0 unspecified atom stereocenters. The minimum atomic E-state index is 0.953. The van der Waals surface area contributed by atoms with Crippen molar-refractivity contribution in [2.45, 2.75) is 6.42 Å². The van der Waals surface area contributed by atoms with Crippen molar-refractivity contribution in [3.8, 4) is 0 Å². The first-order valence-electron chi connectivity index (χ1n) is 6.27. The molecular weight excluding hydrogens is 220 g/mol. The summed E-state index contributed by atoms with van der Waals surface area (Å²) >= 11 is 0. The Labute approximate surface area is 105 Å². The van der Waals surface area contributed by atoms with E-state index in [2.05, 4.69) is 48.6 Å². The average molecular weight is 230 g/mol. The Bertz CT molecular complexity index is 819. The van der Waals surface area contributed by atoms with Crippen molar-refractivity contribution in [1.82, 2.24) is 0 Å². The summed E-state index contributed by atoms with van der Waals surface area (Å²) in [5.74, 6) is 2.27. The summed E-state index contributed by atoms with van der Waals surface area (Å²) in [5, 5.41) is 2.64. The van der Waals surface area contributed by atoms with Crippen LogP contribution >= 0.6 is 0 Å². The molecule has 0 spiro atoms. The maximum Gasteiger partial charge on any atom is 0.173 e. The Kier molecular flexibility index (Phi) is 1.34. The van der Waals surface area contributed by atoms with Crippen LogP contribution in [0.25, 0.3) is 22.4 Å². The van der Waals surface area contributed by atoms with E-state index in [9.17, 15) is 0 Å². The SMILES string of the molecule is C1=C2C(=CCC3=C2O3)c2ccc3ccccc3c21. The molecular formula is C17H10O. The number of fused-ring (bicyclic) bond motifs is 6. The highest BCUT2D eigenvalue weighted by Gasteiger charge is 2.37. The van der Waals surface area contributed by atoms with Crippen molar-refractivity contribution in [3.63, 3.8) is 0 Å². The molecule has 0 amide bonds. The Morgan fingerprint density at radius 3 is 2.89 bits per heavy atom. The van der Waals surface area contributed by atoms with Crippen LogP contribution in [0, 0.1) is 0 Å². The van der Waals surface area contributed by atoms with Crippen LogP contribution in [-0.4, -0.2) is 0 Å². The zero-order valence-corrected chi connectivity index (χ0v) is 9.73. The fourth-order valence-electron chi connectivity index (χ4n) is 3.09. The highest BCUT2D eigenvalue weighted by atomic mass is 16.6. The molecule has 1 nitrogen and oxygen atoms in total. The molecule has 0 N–H and O–H groups in total. The molecule has 5 rings (SSSR count). The summed E-state index contributed by atoms with van der Waals surface area (Å²) in [6.07, 6.45) is 5.53. The standard InChI is InChI=1S/C17H10O/c1-2-4-11-10(3-1)5-6-12-13-7-8-16-17(18-16)15(13)9-14(11)12/h1-7,9H,8H2. The van der Waals surface area contributed by atoms with Gasteiger partial charge in [-0.15, -0.1) is 0 Å². The Balaban J connectivity index is 1.89. The van der Waals surface area contributed by atoms with Gasteiger partial charge in [-0.25, -0.2) is 0 Å². The second kappa shape index (κ2) is 2.75. The van der Waals surface area contributed by atoms with E-state index in [1.165, 1.54) is 33.0 Å². The van der Waals surface area contributed by atoms with Crippen LogP contribution in [0.3, 0.4) is 0 Å². The van der Waals surface area contributed by atoms with Gasteiger partial charge in [0.1, 0.15) is 0 Å². The van der Waals surface area contributed by atoms with E-state index < -0.39 is 0 Å². The molecule has 84 valence electrons. The van der Waals surface area contributed by atoms with Crippen LogP contribution in [0.1, 0.15) is 17.5 Å². The van der Waals surface area contributed by atoms with Crippen molar-refractivity contribution in [3.05, 3.63) is 70.7 Å². The highest BCUT2D eigenvalue weighted by Crippen LogP contribution is 2.51. The first kappa shape index (κ1) is 8.76. The number of allylic oxidation sites excluding steroid dienone is 2. The van der Waals surface area contributed by atoms with Crippen molar-refractivity contribution in [2.24, 2.45) is 0 Å². The van der Waals surface area contributed by atoms with Gasteiger partial charge in [-0.1, -0.05) is 42.5 Å². The van der Waals surface area contributed by atoms with E-state index in [4.69, 9.17) is 4.74 Å². The summed E-state index contributed by atoms with van der Waals surface area (Å²) in [7, 11) is 0. The number of rotatable bonds is 0. The monoisotopic (exact) mass is 230 g/mol. The number of hydrogen-bond acceptors (Lipinski definition) is 1. The zero-order valence-electron chi connectivity index (χ0n) is 9.73. The third-order valence-corrected chi connectivity index (χ3v) is 4.01. The molecule has 0 aromatic heterocycles. The molecule has 2 aliphatic carbocycles. The van der Waals surface area contributed by atoms with Gasteiger partial charge in [-0.05, 0) is 33.5 Å². The van der Waals surface area contributed by atoms with Gasteiger partial charge in [0, 0.05) is 12.0 Å². The molecule has 0 atom stereocenters. The average Bonchev–Trinajstić information content (AvgIpc) is 3.12. The number of ether oxygens (including phenoxy) is 1. The predicted molar refractivity (Wildman–Crippen MR) is 72.6 cm³/mol. The van der Waals surface area contributed by atoms with Crippen LogP contribution < -0.4 is 0 Å². The lowest BCUT2D eigenvalue weighted by molar-refractivity contribution is 0.473. The minimum absolute atomic E-state index is 0.953. The molecule has 18 heavy (non-hydrogen) atoms. The maximum absolute atomic E-state index is 5.55. The minimum Gasteiger partial charge on any atom is -0.453 e. The second-order valence-electron chi connectivity index (χ2n) is 4.98. The quantitative estimate of drug-likeness (QED) is 0.658. The van der Waals surface area contributed by atoms with E-state index >= 15 is 0 Å². The van der Waals surface area contributed by atoms with Crippen molar-refractivity contribution < 1.29 is 4.74 Å². The van der Waals surface area contributed by atoms with E-state index in [0.717, 1.165) is 17.9 Å². The van der Waals surface area contributed by atoms with Crippen LogP contribution in [0.4, 0.5) is 0 Å². The molecule has 0 saturated carbocycles. The fourth-order valence-corrected chi connectivity index (χ4v) is 3.09. The van der Waals surface area contributed by atoms with Gasteiger partial charge in [-0.3, -0.25) is 0 Å². The van der Waals surface area contributed by atoms with Crippen molar-refractivity contribution in [2.75, 3.05) is 0 Å². The molecule has 0 bridgehead atoms. The summed E-state index contributed by atoms with van der Waals surface area (Å²) in [6.45, 7) is 0. The summed E-state index contributed by atoms with van der Waals surface area (Å²) in [6, 6.07) is 13.0. The Morgan fingerprint density at radius 1 is 0.944 bits per heavy atom. The first-order chi connectivity index (χ1) is 8.92. The molecule has 1 heteroatoms. The molecule has 0 fully saturated rings. The van der Waals surface area contributed by atoms with Crippen LogP contribution in [0.5, 0.6) is 0 Å². The smallest absolute Gasteiger partial charge is 0.173 e. The van der Waals surface area contributed by atoms with E-state index in [-0.39, 0.29) is 0 Å². The van der Waals surface area contributed by atoms with Gasteiger partial charge in [-0.2, -0.15) is 0 Å². The number of benzene rings is 2. The molecule has 3 aliphatic rings. The van der Waals surface area contributed by atoms with Crippen molar-refractivity contribution >= 4 is 22.4 Å². The molecule has 1 heterocycles. The van der Waals surface area contributed by atoms with E-state index in [0.29, 0.717) is 0 Å². The van der Waals surface area contributed by atoms with Gasteiger partial charge in [0.05, 0.1) is 0 Å². The van der Waals surface area contributed by atoms with Gasteiger partial charge in [0.15, 0.2) is 11.5 Å². The van der Waals surface area contributed by atoms with Gasteiger partial charge in [0.2, 0.25) is 0 Å². The third-order valence-electron chi connectivity index (χ3n) is 4.01. The number of hydrogen-bond donors (Lipinski definition) is 0. The fraction of sp³-hybridized carbons (Fsp3) is 0.0588. The lowest BCUT2D eigenvalue weighted by Crippen LogP contribution is -1.87. The lowest BCUT2D eigenvalue weighted by Gasteiger charge is -2.06. The highest BCUT2D eigenvalue weighted by molar-refractivity contribution is 6.07. The van der Waals surface area contributed by atoms with E-state index in [1.54, 1.807) is 0 Å². The predicted octanol–water partition coefficient (Wildman–Crippen LogP) is 4.27. The van der Waals surface area contributed by atoms with Gasteiger partial charge >= 0.3 is 0 Å². The van der Waals surface area contributed by atoms with Crippen LogP contribution in [-0.2, 0) is 4.74 Å². The third kappa shape index (κ3) is 0.935. The normalized spacial score (nSPS) is 18.7. The van der Waals surface area contributed by atoms with Gasteiger partial charge < -0.3 is 4.74 Å². The van der Waals surface area contributed by atoms with E-state index in [1.807, 2.05) is 0 Å². The Hall–Kier alpha value is -2.28. The molecule has 0 radical (unpaired) electrons. The topological polar surface area (TPSA) is 12.5 Å². The zero-order chi connectivity index (χ0) is 11.7. The second-order valence-corrected chi connectivity index (χ2v) is 4.98. The molecule has 2 aromatic carbocycles. The van der Waals surface area contributed by atoms with Gasteiger partial charge in [0.25, 0.3) is 0 Å². The molecule has 2 aromatic rings. The summed E-state index contributed by atoms with van der Waals surface area (Å²) in [4.78, 5) is 0. The molecule has 0 saturated heterocycles. The first-order valence-corrected chi connectivity index (χ1v) is 6.27. The van der Waals surface area contributed by atoms with Crippen molar-refractivity contribution in [1.29, 1.82) is 0 Å². The summed E-state index contributed by atoms with van der Waals surface area (Å²) < 4.78 is 5.55.